The highest BCUT2D eigenvalue weighted by molar-refractivity contribution is 6.20. The molecule has 0 bridgehead atoms. The van der Waals surface area contributed by atoms with Gasteiger partial charge in [0.25, 0.3) is 0 Å². The smallest absolute Gasteiger partial charge is 0.385 e. The van der Waals surface area contributed by atoms with Crippen molar-refractivity contribution in [3.63, 3.8) is 0 Å². The maximum atomic E-state index is 12.3. The van der Waals surface area contributed by atoms with Crippen LogP contribution in [0.2, 0.25) is 0 Å². The summed E-state index contributed by atoms with van der Waals surface area (Å²) < 4.78 is 42.0. The Hall–Kier alpha value is -0.740. The zero-order chi connectivity index (χ0) is 13.6. The van der Waals surface area contributed by atoms with Gasteiger partial charge in [0, 0.05) is 19.1 Å². The van der Waals surface area contributed by atoms with Crippen molar-refractivity contribution < 1.29 is 17.9 Å². The van der Waals surface area contributed by atoms with E-state index in [1.807, 2.05) is 0 Å². The van der Waals surface area contributed by atoms with Gasteiger partial charge in [-0.1, -0.05) is 12.1 Å². The first-order chi connectivity index (χ1) is 8.43. The van der Waals surface area contributed by atoms with Gasteiger partial charge in [-0.2, -0.15) is 13.2 Å². The van der Waals surface area contributed by atoms with Crippen LogP contribution in [0.25, 0.3) is 0 Å². The highest BCUT2D eigenvalue weighted by Gasteiger charge is 2.29. The molecule has 102 valence electrons. The van der Waals surface area contributed by atoms with Gasteiger partial charge in [-0.25, -0.2) is 0 Å². The molecule has 0 aliphatic heterocycles. The molecule has 1 unspecified atom stereocenters. The van der Waals surface area contributed by atoms with E-state index in [9.17, 15) is 13.2 Å². The van der Waals surface area contributed by atoms with Crippen LogP contribution in [-0.2, 0) is 17.3 Å². The van der Waals surface area contributed by atoms with Crippen molar-refractivity contribution in [1.29, 1.82) is 0 Å². The SMILES string of the molecule is COCCCC(Cl)Cc1ccc(C(F)(F)F)cc1. The van der Waals surface area contributed by atoms with Gasteiger partial charge in [-0.3, -0.25) is 0 Å². The van der Waals surface area contributed by atoms with E-state index >= 15 is 0 Å². The molecule has 0 saturated heterocycles. The summed E-state index contributed by atoms with van der Waals surface area (Å²) in [6.07, 6.45) is -2.07. The fourth-order valence-electron chi connectivity index (χ4n) is 1.64. The Kier molecular flexibility index (Phi) is 5.96. The minimum Gasteiger partial charge on any atom is -0.385 e. The van der Waals surface area contributed by atoms with Crippen LogP contribution in [0, 0.1) is 0 Å². The zero-order valence-corrected chi connectivity index (χ0v) is 10.9. The van der Waals surface area contributed by atoms with Crippen LogP contribution in [0.5, 0.6) is 0 Å². The first-order valence-electron chi connectivity index (χ1n) is 5.72. The van der Waals surface area contributed by atoms with Crippen LogP contribution in [0.1, 0.15) is 24.0 Å². The number of methoxy groups -OCH3 is 1. The summed E-state index contributed by atoms with van der Waals surface area (Å²) in [4.78, 5) is 0. The Morgan fingerprint density at radius 1 is 1.22 bits per heavy atom. The van der Waals surface area contributed by atoms with E-state index in [1.54, 1.807) is 7.11 Å². The molecule has 18 heavy (non-hydrogen) atoms. The second-order valence-electron chi connectivity index (χ2n) is 4.13. The third-order valence-corrected chi connectivity index (χ3v) is 2.98. The molecule has 1 atom stereocenters. The summed E-state index contributed by atoms with van der Waals surface area (Å²) >= 11 is 6.10. The molecule has 1 rings (SSSR count). The molecule has 0 aliphatic carbocycles. The average molecular weight is 281 g/mol. The molecular formula is C13H16ClF3O. The molecule has 0 spiro atoms. The number of ether oxygens (including phenoxy) is 1. The second-order valence-corrected chi connectivity index (χ2v) is 4.75. The Morgan fingerprint density at radius 3 is 2.33 bits per heavy atom. The molecule has 0 amide bonds. The Labute approximate surface area is 110 Å². The molecule has 0 aromatic heterocycles. The summed E-state index contributed by atoms with van der Waals surface area (Å²) in [7, 11) is 1.62. The highest BCUT2D eigenvalue weighted by Crippen LogP contribution is 2.29. The van der Waals surface area contributed by atoms with Crippen LogP contribution in [0.4, 0.5) is 13.2 Å². The summed E-state index contributed by atoms with van der Waals surface area (Å²) in [6, 6.07) is 5.14. The molecule has 1 aromatic carbocycles. The molecule has 0 saturated carbocycles. The lowest BCUT2D eigenvalue weighted by molar-refractivity contribution is -0.137. The van der Waals surface area contributed by atoms with Crippen molar-refractivity contribution in [3.05, 3.63) is 35.4 Å². The number of hydrogen-bond acceptors (Lipinski definition) is 1. The van der Waals surface area contributed by atoms with Gasteiger partial charge in [0.05, 0.1) is 5.56 Å². The van der Waals surface area contributed by atoms with Crippen molar-refractivity contribution in [2.24, 2.45) is 0 Å². The van der Waals surface area contributed by atoms with Gasteiger partial charge in [-0.05, 0) is 37.0 Å². The molecule has 0 N–H and O–H groups in total. The fourth-order valence-corrected chi connectivity index (χ4v) is 1.97. The highest BCUT2D eigenvalue weighted by atomic mass is 35.5. The lowest BCUT2D eigenvalue weighted by Crippen LogP contribution is -2.07. The van der Waals surface area contributed by atoms with Gasteiger partial charge in [-0.15, -0.1) is 11.6 Å². The van der Waals surface area contributed by atoms with E-state index < -0.39 is 11.7 Å². The van der Waals surface area contributed by atoms with E-state index in [0.717, 1.165) is 30.5 Å². The number of benzene rings is 1. The fraction of sp³-hybridized carbons (Fsp3) is 0.538. The van der Waals surface area contributed by atoms with Crippen LogP contribution in [-0.4, -0.2) is 19.1 Å². The molecular weight excluding hydrogens is 265 g/mol. The van der Waals surface area contributed by atoms with Crippen molar-refractivity contribution in [2.75, 3.05) is 13.7 Å². The second kappa shape index (κ2) is 7.00. The Balaban J connectivity index is 2.48. The molecule has 0 heterocycles. The standard InChI is InChI=1S/C13H16ClF3O/c1-18-8-2-3-12(14)9-10-4-6-11(7-5-10)13(15,16)17/h4-7,12H,2-3,8-9H2,1H3. The summed E-state index contributed by atoms with van der Waals surface area (Å²) in [6.45, 7) is 0.649. The van der Waals surface area contributed by atoms with Crippen molar-refractivity contribution in [2.45, 2.75) is 30.8 Å². The molecule has 1 aromatic rings. The van der Waals surface area contributed by atoms with E-state index in [1.165, 1.54) is 12.1 Å². The molecule has 0 radical (unpaired) electrons. The number of halogens is 4. The van der Waals surface area contributed by atoms with Gasteiger partial charge < -0.3 is 4.74 Å². The lowest BCUT2D eigenvalue weighted by atomic mass is 10.0. The van der Waals surface area contributed by atoms with Gasteiger partial charge in [0.15, 0.2) is 0 Å². The first kappa shape index (κ1) is 15.3. The van der Waals surface area contributed by atoms with E-state index in [4.69, 9.17) is 16.3 Å². The quantitative estimate of drug-likeness (QED) is 0.558. The van der Waals surface area contributed by atoms with Gasteiger partial charge >= 0.3 is 6.18 Å². The molecule has 0 fully saturated rings. The number of rotatable bonds is 6. The Morgan fingerprint density at radius 2 is 1.83 bits per heavy atom. The monoisotopic (exact) mass is 280 g/mol. The van der Waals surface area contributed by atoms with Crippen molar-refractivity contribution >= 4 is 11.6 Å². The van der Waals surface area contributed by atoms with Crippen LogP contribution in [0.15, 0.2) is 24.3 Å². The minimum absolute atomic E-state index is 0.0723. The first-order valence-corrected chi connectivity index (χ1v) is 6.16. The summed E-state index contributed by atoms with van der Waals surface area (Å²) in [5, 5.41) is -0.0723. The molecule has 0 aliphatic rings. The predicted octanol–water partition coefficient (Wildman–Crippen LogP) is 4.28. The van der Waals surface area contributed by atoms with Crippen LogP contribution >= 0.6 is 11.6 Å². The Bertz CT molecular complexity index is 348. The maximum absolute atomic E-state index is 12.3. The zero-order valence-electron chi connectivity index (χ0n) is 10.1. The third-order valence-electron chi connectivity index (χ3n) is 2.60. The number of hydrogen-bond donors (Lipinski definition) is 0. The normalized spacial score (nSPS) is 13.6. The molecule has 5 heteroatoms. The van der Waals surface area contributed by atoms with E-state index in [0.29, 0.717) is 13.0 Å². The predicted molar refractivity (Wildman–Crippen MR) is 65.9 cm³/mol. The van der Waals surface area contributed by atoms with E-state index in [2.05, 4.69) is 0 Å². The minimum atomic E-state index is -4.28. The lowest BCUT2D eigenvalue weighted by Gasteiger charge is -2.11. The summed E-state index contributed by atoms with van der Waals surface area (Å²) in [5.41, 5.74) is 0.192. The summed E-state index contributed by atoms with van der Waals surface area (Å²) in [5.74, 6) is 0. The maximum Gasteiger partial charge on any atom is 0.416 e. The average Bonchev–Trinajstić information content (AvgIpc) is 2.29. The third kappa shape index (κ3) is 5.27. The number of alkyl halides is 4. The topological polar surface area (TPSA) is 9.23 Å². The van der Waals surface area contributed by atoms with Crippen LogP contribution < -0.4 is 0 Å². The van der Waals surface area contributed by atoms with Gasteiger partial charge in [0.1, 0.15) is 0 Å². The van der Waals surface area contributed by atoms with Crippen molar-refractivity contribution in [3.8, 4) is 0 Å². The van der Waals surface area contributed by atoms with E-state index in [-0.39, 0.29) is 5.38 Å². The molecule has 1 nitrogen and oxygen atoms in total. The largest absolute Gasteiger partial charge is 0.416 e. The van der Waals surface area contributed by atoms with Crippen LogP contribution in [0.3, 0.4) is 0 Å². The van der Waals surface area contributed by atoms with Gasteiger partial charge in [0.2, 0.25) is 0 Å². The van der Waals surface area contributed by atoms with Crippen molar-refractivity contribution in [1.82, 2.24) is 0 Å².